The lowest BCUT2D eigenvalue weighted by atomic mass is 10.1. The molecule has 1 aromatic rings. The molecule has 1 saturated heterocycles. The molecule has 3 nitrogen and oxygen atoms in total. The quantitative estimate of drug-likeness (QED) is 0.856. The average molecular weight is 305 g/mol. The number of hydrogen-bond acceptors (Lipinski definition) is 3. The predicted octanol–water partition coefficient (Wildman–Crippen LogP) is 3.11. The number of carbonyl (C=O) groups is 1. The van der Waals surface area contributed by atoms with Gasteiger partial charge in [0.1, 0.15) is 6.61 Å². The van der Waals surface area contributed by atoms with E-state index in [1.165, 1.54) is 11.8 Å². The molecule has 2 rings (SSSR count). The van der Waals surface area contributed by atoms with Gasteiger partial charge < -0.3 is 9.64 Å². The summed E-state index contributed by atoms with van der Waals surface area (Å²) in [6.07, 6.45) is -4.34. The van der Waals surface area contributed by atoms with Gasteiger partial charge in [-0.1, -0.05) is 12.1 Å². The van der Waals surface area contributed by atoms with Gasteiger partial charge in [0.2, 0.25) is 5.91 Å². The SMILES string of the molecule is Cc1ccc(COCC(F)(F)F)c(N2CSCC2=O)c1. The largest absolute Gasteiger partial charge is 0.411 e. The zero-order valence-corrected chi connectivity index (χ0v) is 11.7. The third kappa shape index (κ3) is 3.89. The van der Waals surface area contributed by atoms with Crippen molar-refractivity contribution < 1.29 is 22.7 Å². The van der Waals surface area contributed by atoms with E-state index in [2.05, 4.69) is 4.74 Å². The van der Waals surface area contributed by atoms with Gasteiger partial charge in [0.15, 0.2) is 0 Å². The average Bonchev–Trinajstić information content (AvgIpc) is 2.76. The van der Waals surface area contributed by atoms with Crippen LogP contribution < -0.4 is 4.90 Å². The molecule has 0 bridgehead atoms. The number of halogens is 3. The van der Waals surface area contributed by atoms with Crippen molar-refractivity contribution in [1.29, 1.82) is 0 Å². The summed E-state index contributed by atoms with van der Waals surface area (Å²) >= 11 is 1.48. The van der Waals surface area contributed by atoms with Crippen LogP contribution in [0.15, 0.2) is 18.2 Å². The summed E-state index contributed by atoms with van der Waals surface area (Å²) in [5.74, 6) is 0.892. The van der Waals surface area contributed by atoms with Crippen molar-refractivity contribution in [2.45, 2.75) is 19.7 Å². The molecular formula is C13H14F3NO2S. The molecule has 7 heteroatoms. The monoisotopic (exact) mass is 305 g/mol. The maximum Gasteiger partial charge on any atom is 0.411 e. The van der Waals surface area contributed by atoms with Crippen molar-refractivity contribution in [3.05, 3.63) is 29.3 Å². The lowest BCUT2D eigenvalue weighted by Gasteiger charge is -2.20. The Balaban J connectivity index is 2.14. The summed E-state index contributed by atoms with van der Waals surface area (Å²) in [7, 11) is 0. The van der Waals surface area contributed by atoms with Gasteiger partial charge in [-0.25, -0.2) is 0 Å². The third-order valence-electron chi connectivity index (χ3n) is 2.80. The Morgan fingerprint density at radius 1 is 1.40 bits per heavy atom. The number of thioether (sulfide) groups is 1. The van der Waals surface area contributed by atoms with E-state index in [1.807, 2.05) is 6.92 Å². The summed E-state index contributed by atoms with van der Waals surface area (Å²) < 4.78 is 41.0. The highest BCUT2D eigenvalue weighted by atomic mass is 32.2. The van der Waals surface area contributed by atoms with Gasteiger partial charge in [-0.05, 0) is 18.6 Å². The van der Waals surface area contributed by atoms with Crippen molar-refractivity contribution >= 4 is 23.4 Å². The molecule has 0 N–H and O–H groups in total. The number of rotatable bonds is 4. The summed E-state index contributed by atoms with van der Waals surface area (Å²) in [5.41, 5.74) is 2.18. The van der Waals surface area contributed by atoms with Crippen molar-refractivity contribution in [1.82, 2.24) is 0 Å². The van der Waals surface area contributed by atoms with Gasteiger partial charge in [0.25, 0.3) is 0 Å². The fourth-order valence-corrected chi connectivity index (χ4v) is 2.79. The molecule has 1 fully saturated rings. The number of carbonyl (C=O) groups excluding carboxylic acids is 1. The van der Waals surface area contributed by atoms with Crippen LogP contribution in [0.4, 0.5) is 18.9 Å². The molecule has 0 aliphatic carbocycles. The Morgan fingerprint density at radius 3 is 2.75 bits per heavy atom. The first-order chi connectivity index (χ1) is 9.37. The zero-order chi connectivity index (χ0) is 14.8. The number of amides is 1. The Labute approximate surface area is 119 Å². The van der Waals surface area contributed by atoms with Crippen LogP contribution in [0.1, 0.15) is 11.1 Å². The van der Waals surface area contributed by atoms with Gasteiger partial charge in [-0.2, -0.15) is 13.2 Å². The Morgan fingerprint density at radius 2 is 2.15 bits per heavy atom. The van der Waals surface area contributed by atoms with Crippen LogP contribution >= 0.6 is 11.8 Å². The van der Waals surface area contributed by atoms with Gasteiger partial charge in [0, 0.05) is 5.56 Å². The highest BCUT2D eigenvalue weighted by molar-refractivity contribution is 8.00. The number of alkyl halides is 3. The molecule has 0 spiro atoms. The molecule has 1 aliphatic heterocycles. The highest BCUT2D eigenvalue weighted by Crippen LogP contribution is 2.29. The Kier molecular flexibility index (Phi) is 4.59. The second-order valence-electron chi connectivity index (χ2n) is 4.54. The van der Waals surface area contributed by atoms with Gasteiger partial charge >= 0.3 is 6.18 Å². The molecule has 20 heavy (non-hydrogen) atoms. The first-order valence-electron chi connectivity index (χ1n) is 5.99. The summed E-state index contributed by atoms with van der Waals surface area (Å²) in [5, 5.41) is 0. The second-order valence-corrected chi connectivity index (χ2v) is 5.49. The van der Waals surface area contributed by atoms with Gasteiger partial charge in [0.05, 0.1) is 23.9 Å². The minimum atomic E-state index is -4.34. The van der Waals surface area contributed by atoms with E-state index in [0.29, 0.717) is 22.9 Å². The summed E-state index contributed by atoms with van der Waals surface area (Å²) in [6, 6.07) is 5.30. The first kappa shape index (κ1) is 15.2. The van der Waals surface area contributed by atoms with Crippen molar-refractivity contribution in [3.8, 4) is 0 Å². The Hall–Kier alpha value is -1.21. The maximum atomic E-state index is 12.1. The number of ether oxygens (including phenoxy) is 1. The topological polar surface area (TPSA) is 29.5 Å². The molecule has 0 saturated carbocycles. The number of benzene rings is 1. The molecular weight excluding hydrogens is 291 g/mol. The molecule has 0 unspecified atom stereocenters. The molecule has 1 heterocycles. The van der Waals surface area contributed by atoms with E-state index in [4.69, 9.17) is 0 Å². The van der Waals surface area contributed by atoms with E-state index in [1.54, 1.807) is 23.1 Å². The number of hydrogen-bond donors (Lipinski definition) is 0. The lowest BCUT2D eigenvalue weighted by Crippen LogP contribution is -2.26. The minimum absolute atomic E-state index is 0.0299. The van der Waals surface area contributed by atoms with Crippen molar-refractivity contribution in [3.63, 3.8) is 0 Å². The number of nitrogens with zero attached hydrogens (tertiary/aromatic N) is 1. The van der Waals surface area contributed by atoms with Crippen LogP contribution in [0.3, 0.4) is 0 Å². The number of anilines is 1. The van der Waals surface area contributed by atoms with E-state index < -0.39 is 12.8 Å². The van der Waals surface area contributed by atoms with Crippen LogP contribution in [-0.2, 0) is 16.1 Å². The molecule has 0 aromatic heterocycles. The van der Waals surface area contributed by atoms with Crippen LogP contribution in [0, 0.1) is 6.92 Å². The fraction of sp³-hybridized carbons (Fsp3) is 0.462. The lowest BCUT2D eigenvalue weighted by molar-refractivity contribution is -0.176. The zero-order valence-electron chi connectivity index (χ0n) is 10.9. The molecule has 1 aliphatic rings. The predicted molar refractivity (Wildman–Crippen MR) is 71.7 cm³/mol. The smallest absolute Gasteiger partial charge is 0.367 e. The maximum absolute atomic E-state index is 12.1. The summed E-state index contributed by atoms with van der Waals surface area (Å²) in [4.78, 5) is 13.3. The fourth-order valence-electron chi connectivity index (χ4n) is 1.90. The molecule has 1 aromatic carbocycles. The Bertz CT molecular complexity index is 505. The standard InChI is InChI=1S/C13H14F3NO2S/c1-9-2-3-10(5-19-7-13(14,15)16)11(4-9)17-8-20-6-12(17)18/h2-4H,5-8H2,1H3. The molecule has 0 radical (unpaired) electrons. The normalized spacial score (nSPS) is 16.0. The van der Waals surface area contributed by atoms with E-state index >= 15 is 0 Å². The van der Waals surface area contributed by atoms with Crippen LogP contribution in [-0.4, -0.2) is 30.3 Å². The molecule has 110 valence electrons. The number of aryl methyl sites for hydroxylation is 1. The highest BCUT2D eigenvalue weighted by Gasteiger charge is 2.28. The van der Waals surface area contributed by atoms with Crippen LogP contribution in [0.5, 0.6) is 0 Å². The molecule has 0 atom stereocenters. The second kappa shape index (κ2) is 6.05. The first-order valence-corrected chi connectivity index (χ1v) is 7.14. The van der Waals surface area contributed by atoms with E-state index in [-0.39, 0.29) is 12.5 Å². The van der Waals surface area contributed by atoms with Gasteiger partial charge in [-0.15, -0.1) is 11.8 Å². The third-order valence-corrected chi connectivity index (χ3v) is 3.69. The minimum Gasteiger partial charge on any atom is -0.367 e. The van der Waals surface area contributed by atoms with E-state index in [9.17, 15) is 18.0 Å². The van der Waals surface area contributed by atoms with Gasteiger partial charge in [-0.3, -0.25) is 4.79 Å². The van der Waals surface area contributed by atoms with Crippen molar-refractivity contribution in [2.24, 2.45) is 0 Å². The summed E-state index contributed by atoms with van der Waals surface area (Å²) in [6.45, 7) is 0.421. The van der Waals surface area contributed by atoms with E-state index in [0.717, 1.165) is 5.56 Å². The van der Waals surface area contributed by atoms with Crippen LogP contribution in [0.25, 0.3) is 0 Å². The van der Waals surface area contributed by atoms with Crippen LogP contribution in [0.2, 0.25) is 0 Å². The molecule has 1 amide bonds. The van der Waals surface area contributed by atoms with Crippen molar-refractivity contribution in [2.75, 3.05) is 23.1 Å².